The van der Waals surface area contributed by atoms with Crippen LogP contribution >= 0.6 is 0 Å². The molecule has 1 aliphatic heterocycles. The van der Waals surface area contributed by atoms with Crippen molar-refractivity contribution in [3.63, 3.8) is 0 Å². The molecule has 0 amide bonds. The van der Waals surface area contributed by atoms with Gasteiger partial charge < -0.3 is 19.9 Å². The summed E-state index contributed by atoms with van der Waals surface area (Å²) in [6.07, 6.45) is 4.15. The molecule has 1 spiro atoms. The Bertz CT molecular complexity index is 495. The molecule has 0 aromatic heterocycles. The summed E-state index contributed by atoms with van der Waals surface area (Å²) in [5.41, 5.74) is 2.35. The molecule has 1 unspecified atom stereocenters. The monoisotopic (exact) mass is 277 g/mol. The number of nitrogens with one attached hydrogen (secondary N) is 1. The summed E-state index contributed by atoms with van der Waals surface area (Å²) in [5, 5.41) is 14.0. The van der Waals surface area contributed by atoms with Crippen LogP contribution in [0.25, 0.3) is 0 Å². The third-order valence-corrected chi connectivity index (χ3v) is 4.93. The molecule has 1 fully saturated rings. The van der Waals surface area contributed by atoms with E-state index >= 15 is 0 Å². The first-order chi connectivity index (χ1) is 9.71. The lowest BCUT2D eigenvalue weighted by Gasteiger charge is -2.34. The number of β-amino-alcohol motifs (C(OH)–C–C–N with tert-alkyl or cyclic N) is 1. The fourth-order valence-corrected chi connectivity index (χ4v) is 3.86. The van der Waals surface area contributed by atoms with E-state index in [1.165, 1.54) is 24.0 Å². The van der Waals surface area contributed by atoms with E-state index in [1.54, 1.807) is 14.2 Å². The van der Waals surface area contributed by atoms with Crippen molar-refractivity contribution >= 4 is 0 Å². The minimum Gasteiger partial charge on any atom is -0.493 e. The summed E-state index contributed by atoms with van der Waals surface area (Å²) in [6, 6.07) is 4.13. The van der Waals surface area contributed by atoms with Gasteiger partial charge in [-0.1, -0.05) is 12.8 Å². The largest absolute Gasteiger partial charge is 0.493 e. The van der Waals surface area contributed by atoms with Crippen LogP contribution in [-0.2, 0) is 12.0 Å². The summed E-state index contributed by atoms with van der Waals surface area (Å²) in [5.74, 6) is 1.52. The topological polar surface area (TPSA) is 50.7 Å². The maximum atomic E-state index is 10.6. The SMILES string of the molecule is COc1cc2c(cc1OC)C1(CCCC1)C(O)CNC2. The smallest absolute Gasteiger partial charge is 0.161 e. The molecule has 2 aliphatic rings. The van der Waals surface area contributed by atoms with Gasteiger partial charge in [0.25, 0.3) is 0 Å². The number of ether oxygens (including phenoxy) is 2. The lowest BCUT2D eigenvalue weighted by atomic mass is 9.73. The zero-order chi connectivity index (χ0) is 14.2. The third-order valence-electron chi connectivity index (χ3n) is 4.93. The highest BCUT2D eigenvalue weighted by molar-refractivity contribution is 5.51. The molecule has 1 saturated carbocycles. The predicted octanol–water partition coefficient (Wildman–Crippen LogP) is 1.98. The highest BCUT2D eigenvalue weighted by Gasteiger charge is 2.44. The number of methoxy groups -OCH3 is 2. The van der Waals surface area contributed by atoms with E-state index in [4.69, 9.17) is 9.47 Å². The molecular formula is C16H23NO3. The minimum atomic E-state index is -0.329. The molecule has 1 aliphatic carbocycles. The van der Waals surface area contributed by atoms with E-state index < -0.39 is 0 Å². The maximum Gasteiger partial charge on any atom is 0.161 e. The fraction of sp³-hybridized carbons (Fsp3) is 0.625. The Morgan fingerprint density at radius 3 is 2.45 bits per heavy atom. The second-order valence-electron chi connectivity index (χ2n) is 5.87. The van der Waals surface area contributed by atoms with E-state index in [0.717, 1.165) is 30.9 Å². The predicted molar refractivity (Wildman–Crippen MR) is 77.4 cm³/mol. The van der Waals surface area contributed by atoms with Crippen molar-refractivity contribution in [1.82, 2.24) is 5.32 Å². The first-order valence-electron chi connectivity index (χ1n) is 7.35. The number of aliphatic hydroxyl groups excluding tert-OH is 1. The first kappa shape index (κ1) is 13.7. The molecule has 1 aromatic rings. The summed E-state index contributed by atoms with van der Waals surface area (Å²) < 4.78 is 10.9. The van der Waals surface area contributed by atoms with E-state index in [0.29, 0.717) is 6.54 Å². The molecule has 0 bridgehead atoms. The van der Waals surface area contributed by atoms with E-state index in [1.807, 2.05) is 0 Å². The van der Waals surface area contributed by atoms with Gasteiger partial charge in [0.15, 0.2) is 11.5 Å². The van der Waals surface area contributed by atoms with Crippen LogP contribution < -0.4 is 14.8 Å². The molecule has 110 valence electrons. The van der Waals surface area contributed by atoms with Gasteiger partial charge in [0, 0.05) is 18.5 Å². The number of fused-ring (bicyclic) bond motifs is 2. The second-order valence-corrected chi connectivity index (χ2v) is 5.87. The zero-order valence-corrected chi connectivity index (χ0v) is 12.2. The molecule has 0 saturated heterocycles. The quantitative estimate of drug-likeness (QED) is 0.868. The van der Waals surface area contributed by atoms with Gasteiger partial charge in [0.1, 0.15) is 0 Å². The van der Waals surface area contributed by atoms with Crippen LogP contribution in [-0.4, -0.2) is 32.0 Å². The van der Waals surface area contributed by atoms with Crippen molar-refractivity contribution in [1.29, 1.82) is 0 Å². The van der Waals surface area contributed by atoms with Crippen LogP contribution in [0.2, 0.25) is 0 Å². The van der Waals surface area contributed by atoms with Crippen LogP contribution in [0.15, 0.2) is 12.1 Å². The Hall–Kier alpha value is -1.26. The number of benzene rings is 1. The molecule has 4 heteroatoms. The van der Waals surface area contributed by atoms with Gasteiger partial charge in [-0.3, -0.25) is 0 Å². The van der Waals surface area contributed by atoms with Crippen molar-refractivity contribution in [3.8, 4) is 11.5 Å². The highest BCUT2D eigenvalue weighted by atomic mass is 16.5. The molecule has 1 heterocycles. The van der Waals surface area contributed by atoms with Crippen LogP contribution in [0.3, 0.4) is 0 Å². The van der Waals surface area contributed by atoms with Crippen molar-refractivity contribution in [2.45, 2.75) is 43.7 Å². The Kier molecular flexibility index (Phi) is 3.61. The van der Waals surface area contributed by atoms with Crippen LogP contribution in [0, 0.1) is 0 Å². The molecular weight excluding hydrogens is 254 g/mol. The third kappa shape index (κ3) is 1.98. The van der Waals surface area contributed by atoms with E-state index in [-0.39, 0.29) is 11.5 Å². The molecule has 1 aromatic carbocycles. The molecule has 2 N–H and O–H groups in total. The highest BCUT2D eigenvalue weighted by Crippen LogP contribution is 2.48. The normalized spacial score (nSPS) is 24.2. The van der Waals surface area contributed by atoms with Gasteiger partial charge in [-0.05, 0) is 36.1 Å². The van der Waals surface area contributed by atoms with E-state index in [2.05, 4.69) is 17.4 Å². The van der Waals surface area contributed by atoms with Crippen LogP contribution in [0.5, 0.6) is 11.5 Å². The van der Waals surface area contributed by atoms with Crippen LogP contribution in [0.1, 0.15) is 36.8 Å². The van der Waals surface area contributed by atoms with Gasteiger partial charge in [0.2, 0.25) is 0 Å². The summed E-state index contributed by atoms with van der Waals surface area (Å²) in [7, 11) is 3.32. The maximum absolute atomic E-state index is 10.6. The standard InChI is InChI=1S/C16H23NO3/c1-19-13-7-11-9-17-10-15(18)16(5-3-4-6-16)12(11)8-14(13)20-2/h7-8,15,17-18H,3-6,9-10H2,1-2H3. The lowest BCUT2D eigenvalue weighted by molar-refractivity contribution is 0.0854. The van der Waals surface area contributed by atoms with Gasteiger partial charge in [-0.25, -0.2) is 0 Å². The number of hydrogen-bond donors (Lipinski definition) is 2. The number of hydrogen-bond acceptors (Lipinski definition) is 4. The summed E-state index contributed by atoms with van der Waals surface area (Å²) in [4.78, 5) is 0. The van der Waals surface area contributed by atoms with Gasteiger partial charge in [-0.15, -0.1) is 0 Å². The fourth-order valence-electron chi connectivity index (χ4n) is 3.86. The van der Waals surface area contributed by atoms with Gasteiger partial charge in [-0.2, -0.15) is 0 Å². The Labute approximate surface area is 120 Å². The van der Waals surface area contributed by atoms with Gasteiger partial charge in [0.05, 0.1) is 20.3 Å². The summed E-state index contributed by atoms with van der Waals surface area (Å²) >= 11 is 0. The molecule has 3 rings (SSSR count). The average Bonchev–Trinajstić information content (AvgIpc) is 2.92. The van der Waals surface area contributed by atoms with Crippen LogP contribution in [0.4, 0.5) is 0 Å². The second kappa shape index (κ2) is 5.26. The average molecular weight is 277 g/mol. The Balaban J connectivity index is 2.16. The Morgan fingerprint density at radius 1 is 1.15 bits per heavy atom. The molecule has 4 nitrogen and oxygen atoms in total. The minimum absolute atomic E-state index is 0.113. The number of aliphatic hydroxyl groups is 1. The van der Waals surface area contributed by atoms with E-state index in [9.17, 15) is 5.11 Å². The zero-order valence-electron chi connectivity index (χ0n) is 12.2. The van der Waals surface area contributed by atoms with Crippen molar-refractivity contribution in [2.24, 2.45) is 0 Å². The summed E-state index contributed by atoms with van der Waals surface area (Å²) in [6.45, 7) is 1.42. The van der Waals surface area contributed by atoms with Crippen molar-refractivity contribution in [2.75, 3.05) is 20.8 Å². The first-order valence-corrected chi connectivity index (χ1v) is 7.35. The van der Waals surface area contributed by atoms with Crippen molar-refractivity contribution < 1.29 is 14.6 Å². The molecule has 0 radical (unpaired) electrons. The number of rotatable bonds is 2. The Morgan fingerprint density at radius 2 is 1.80 bits per heavy atom. The van der Waals surface area contributed by atoms with Gasteiger partial charge >= 0.3 is 0 Å². The molecule has 20 heavy (non-hydrogen) atoms. The van der Waals surface area contributed by atoms with Crippen molar-refractivity contribution in [3.05, 3.63) is 23.3 Å². The lowest BCUT2D eigenvalue weighted by Crippen LogP contribution is -2.41. The molecule has 1 atom stereocenters.